The lowest BCUT2D eigenvalue weighted by Gasteiger charge is -2.20. The van der Waals surface area contributed by atoms with Crippen LogP contribution in [0.4, 0.5) is 22.0 Å². The van der Waals surface area contributed by atoms with Gasteiger partial charge in [-0.2, -0.15) is 22.0 Å². The zero-order valence-corrected chi connectivity index (χ0v) is 9.86. The van der Waals surface area contributed by atoms with Crippen molar-refractivity contribution in [3.05, 3.63) is 34.9 Å². The summed E-state index contributed by atoms with van der Waals surface area (Å²) in [7, 11) is 0. The Balaban J connectivity index is 2.35. The topological polar surface area (TPSA) is 17.1 Å². The highest BCUT2D eigenvalue weighted by Gasteiger charge is 2.63. The number of rotatable bonds is 2. The van der Waals surface area contributed by atoms with Crippen LogP contribution in [-0.2, 0) is 12.8 Å². The maximum absolute atomic E-state index is 13.0. The number of aryl methyl sites for hydroxylation is 2. The summed E-state index contributed by atoms with van der Waals surface area (Å²) in [6, 6.07) is 3.68. The molecule has 0 amide bonds. The molecule has 1 aliphatic carbocycles. The smallest absolute Gasteiger partial charge is 0.287 e. The van der Waals surface area contributed by atoms with Gasteiger partial charge in [0.25, 0.3) is 0 Å². The molecule has 1 aromatic rings. The minimum Gasteiger partial charge on any atom is -0.287 e. The van der Waals surface area contributed by atoms with Crippen molar-refractivity contribution in [3.63, 3.8) is 0 Å². The third kappa shape index (κ3) is 2.48. The molecule has 1 aliphatic rings. The van der Waals surface area contributed by atoms with E-state index in [0.29, 0.717) is 12.0 Å². The molecule has 0 aromatic heterocycles. The Labute approximate surface area is 106 Å². The van der Waals surface area contributed by atoms with Crippen LogP contribution in [0, 0.1) is 0 Å². The van der Waals surface area contributed by atoms with Crippen LogP contribution in [-0.4, -0.2) is 17.9 Å². The molecule has 1 aromatic carbocycles. The van der Waals surface area contributed by atoms with Crippen LogP contribution in [0.5, 0.6) is 0 Å². The number of ketones is 1. The minimum atomic E-state index is -5.86. The summed E-state index contributed by atoms with van der Waals surface area (Å²) < 4.78 is 62.3. The number of hydrogen-bond acceptors (Lipinski definition) is 1. The summed E-state index contributed by atoms with van der Waals surface area (Å²) in [6.07, 6.45) is -2.69. The molecule has 0 unspecified atom stereocenters. The van der Waals surface area contributed by atoms with Crippen LogP contribution >= 0.6 is 0 Å². The van der Waals surface area contributed by atoms with Gasteiger partial charge < -0.3 is 0 Å². The van der Waals surface area contributed by atoms with Crippen LogP contribution in [0.1, 0.15) is 34.3 Å². The van der Waals surface area contributed by atoms with Crippen molar-refractivity contribution in [3.8, 4) is 0 Å². The molecule has 0 fully saturated rings. The second kappa shape index (κ2) is 4.58. The summed E-state index contributed by atoms with van der Waals surface area (Å²) in [4.78, 5) is 11.3. The van der Waals surface area contributed by atoms with Gasteiger partial charge in [-0.15, -0.1) is 0 Å². The van der Waals surface area contributed by atoms with Gasteiger partial charge in [0.05, 0.1) is 0 Å². The molecule has 0 atom stereocenters. The van der Waals surface area contributed by atoms with Crippen molar-refractivity contribution >= 4 is 5.78 Å². The number of carbonyl (C=O) groups is 1. The van der Waals surface area contributed by atoms with Gasteiger partial charge in [-0.3, -0.25) is 4.79 Å². The Kier molecular flexibility index (Phi) is 3.36. The second-order valence-electron chi connectivity index (χ2n) is 4.59. The molecule has 0 heterocycles. The van der Waals surface area contributed by atoms with Crippen LogP contribution in [0.25, 0.3) is 0 Å². The van der Waals surface area contributed by atoms with E-state index in [1.54, 1.807) is 0 Å². The summed E-state index contributed by atoms with van der Waals surface area (Å²) in [5, 5.41) is 0. The van der Waals surface area contributed by atoms with Crippen molar-refractivity contribution in [1.29, 1.82) is 0 Å². The molecule has 0 saturated heterocycles. The van der Waals surface area contributed by atoms with E-state index in [2.05, 4.69) is 0 Å². The molecule has 19 heavy (non-hydrogen) atoms. The zero-order valence-electron chi connectivity index (χ0n) is 9.86. The van der Waals surface area contributed by atoms with Crippen molar-refractivity contribution in [2.24, 2.45) is 0 Å². The number of Topliss-reactive ketones (excluding diaryl/α,β-unsaturated/α-hetero) is 1. The number of benzene rings is 1. The molecule has 0 spiro atoms. The predicted octanol–water partition coefficient (Wildman–Crippen LogP) is 3.95. The van der Waals surface area contributed by atoms with Crippen LogP contribution in [0.3, 0.4) is 0 Å². The molecule has 0 N–H and O–H groups in total. The fourth-order valence-corrected chi connectivity index (χ4v) is 2.18. The number of halogens is 5. The molecular formula is C13H11F5O. The predicted molar refractivity (Wildman–Crippen MR) is 58.4 cm³/mol. The lowest BCUT2D eigenvalue weighted by Crippen LogP contribution is -2.44. The Morgan fingerprint density at radius 1 is 0.947 bits per heavy atom. The van der Waals surface area contributed by atoms with E-state index < -0.39 is 23.4 Å². The van der Waals surface area contributed by atoms with Crippen LogP contribution < -0.4 is 0 Å². The third-order valence-corrected chi connectivity index (χ3v) is 3.25. The van der Waals surface area contributed by atoms with Gasteiger partial charge in [-0.25, -0.2) is 0 Å². The van der Waals surface area contributed by atoms with Gasteiger partial charge in [0, 0.05) is 5.56 Å². The summed E-state index contributed by atoms with van der Waals surface area (Å²) >= 11 is 0. The molecule has 0 saturated carbocycles. The van der Waals surface area contributed by atoms with E-state index >= 15 is 0 Å². The standard InChI is InChI=1S/C13H11F5O/c14-12(15,13(16,17)18)11(19)10-6-5-8-3-1-2-4-9(8)7-10/h5-7H,1-4H2. The molecule has 2 rings (SSSR count). The normalized spacial score (nSPS) is 16.1. The lowest BCUT2D eigenvalue weighted by atomic mass is 9.89. The molecule has 0 bridgehead atoms. The maximum Gasteiger partial charge on any atom is 0.461 e. The molecule has 104 valence electrons. The first-order valence-electron chi connectivity index (χ1n) is 5.84. The first-order chi connectivity index (χ1) is 8.73. The first kappa shape index (κ1) is 14.0. The fraction of sp³-hybridized carbons (Fsp3) is 0.462. The van der Waals surface area contributed by atoms with E-state index in [0.717, 1.165) is 37.0 Å². The summed E-state index contributed by atoms with van der Waals surface area (Å²) in [5.41, 5.74) is 1.02. The quantitative estimate of drug-likeness (QED) is 0.591. The minimum absolute atomic E-state index is 0.581. The highest BCUT2D eigenvalue weighted by atomic mass is 19.4. The van der Waals surface area contributed by atoms with E-state index in [4.69, 9.17) is 0 Å². The SMILES string of the molecule is O=C(c1ccc2c(c1)CCCC2)C(F)(F)C(F)(F)F. The Hall–Kier alpha value is -1.46. The fourth-order valence-electron chi connectivity index (χ4n) is 2.18. The van der Waals surface area contributed by atoms with Crippen LogP contribution in [0.2, 0.25) is 0 Å². The van der Waals surface area contributed by atoms with Gasteiger partial charge in [-0.05, 0) is 42.9 Å². The summed E-state index contributed by atoms with van der Waals surface area (Å²) in [5.74, 6) is -7.52. The largest absolute Gasteiger partial charge is 0.461 e. The first-order valence-corrected chi connectivity index (χ1v) is 5.84. The van der Waals surface area contributed by atoms with Crippen molar-refractivity contribution in [2.45, 2.75) is 37.8 Å². The monoisotopic (exact) mass is 278 g/mol. The lowest BCUT2D eigenvalue weighted by molar-refractivity contribution is -0.255. The van der Waals surface area contributed by atoms with Crippen molar-refractivity contribution in [1.82, 2.24) is 0 Å². The van der Waals surface area contributed by atoms with E-state index in [-0.39, 0.29) is 0 Å². The highest BCUT2D eigenvalue weighted by molar-refractivity contribution is 6.02. The van der Waals surface area contributed by atoms with E-state index in [1.807, 2.05) is 0 Å². The van der Waals surface area contributed by atoms with Gasteiger partial charge in [0.2, 0.25) is 5.78 Å². The van der Waals surface area contributed by atoms with Gasteiger partial charge >= 0.3 is 12.1 Å². The number of alkyl halides is 5. The Bertz CT molecular complexity index is 504. The van der Waals surface area contributed by atoms with Crippen molar-refractivity contribution in [2.75, 3.05) is 0 Å². The van der Waals surface area contributed by atoms with Crippen LogP contribution in [0.15, 0.2) is 18.2 Å². The summed E-state index contributed by atoms with van der Waals surface area (Å²) in [6.45, 7) is 0. The average molecular weight is 278 g/mol. The average Bonchev–Trinajstić information content (AvgIpc) is 2.36. The zero-order chi connectivity index (χ0) is 14.3. The number of fused-ring (bicyclic) bond motifs is 1. The molecular weight excluding hydrogens is 267 g/mol. The van der Waals surface area contributed by atoms with Gasteiger partial charge in [0.1, 0.15) is 0 Å². The van der Waals surface area contributed by atoms with E-state index in [9.17, 15) is 26.7 Å². The maximum atomic E-state index is 13.0. The van der Waals surface area contributed by atoms with E-state index in [1.165, 1.54) is 6.07 Å². The number of carbonyl (C=O) groups excluding carboxylic acids is 1. The molecule has 0 aliphatic heterocycles. The molecule has 0 radical (unpaired) electrons. The van der Waals surface area contributed by atoms with Gasteiger partial charge in [-0.1, -0.05) is 12.1 Å². The molecule has 1 nitrogen and oxygen atoms in total. The number of hydrogen-bond donors (Lipinski definition) is 0. The van der Waals surface area contributed by atoms with Crippen molar-refractivity contribution < 1.29 is 26.7 Å². The Morgan fingerprint density at radius 3 is 2.11 bits per heavy atom. The highest BCUT2D eigenvalue weighted by Crippen LogP contribution is 2.38. The second-order valence-corrected chi connectivity index (χ2v) is 4.59. The van der Waals surface area contributed by atoms with Gasteiger partial charge in [0.15, 0.2) is 0 Å². The molecule has 6 heteroatoms. The third-order valence-electron chi connectivity index (χ3n) is 3.25. The Morgan fingerprint density at radius 2 is 1.53 bits per heavy atom.